The van der Waals surface area contributed by atoms with E-state index in [1.54, 1.807) is 24.1 Å². The van der Waals surface area contributed by atoms with Gasteiger partial charge in [-0.15, -0.1) is 0 Å². The molecule has 0 saturated carbocycles. The smallest absolute Gasteiger partial charge is 0.246 e. The number of nitrogens with two attached hydrogens (primary N) is 1. The van der Waals surface area contributed by atoms with Crippen molar-refractivity contribution < 1.29 is 14.3 Å². The van der Waals surface area contributed by atoms with E-state index in [-0.39, 0.29) is 24.3 Å². The fraction of sp³-hybridized carbons (Fsp3) is 0.333. The van der Waals surface area contributed by atoms with Crippen molar-refractivity contribution in [2.45, 2.75) is 26.4 Å². The molecule has 0 unspecified atom stereocenters. The first-order chi connectivity index (χ1) is 12.9. The van der Waals surface area contributed by atoms with Crippen LogP contribution < -0.4 is 20.7 Å². The minimum atomic E-state index is -0.638. The Labute approximate surface area is 160 Å². The van der Waals surface area contributed by atoms with Crippen molar-refractivity contribution in [1.29, 1.82) is 0 Å². The van der Waals surface area contributed by atoms with Gasteiger partial charge >= 0.3 is 0 Å². The molecule has 0 fully saturated rings. The maximum Gasteiger partial charge on any atom is 0.246 e. The highest BCUT2D eigenvalue weighted by Crippen LogP contribution is 2.21. The van der Waals surface area contributed by atoms with Crippen molar-refractivity contribution in [3.63, 3.8) is 0 Å². The normalized spacial score (nSPS) is 11.7. The summed E-state index contributed by atoms with van der Waals surface area (Å²) in [5.41, 5.74) is 7.56. The number of rotatable bonds is 8. The largest absolute Gasteiger partial charge is 0.497 e. The second-order valence-electron chi connectivity index (χ2n) is 6.65. The van der Waals surface area contributed by atoms with E-state index in [0.717, 1.165) is 11.3 Å². The molecule has 0 aromatic heterocycles. The number of nitrogens with one attached hydrogen (secondary N) is 1. The lowest BCUT2D eigenvalue weighted by molar-refractivity contribution is -0.126. The van der Waals surface area contributed by atoms with Gasteiger partial charge in [0.05, 0.1) is 26.2 Å². The van der Waals surface area contributed by atoms with Gasteiger partial charge in [-0.05, 0) is 35.7 Å². The van der Waals surface area contributed by atoms with Crippen molar-refractivity contribution >= 4 is 17.5 Å². The zero-order valence-corrected chi connectivity index (χ0v) is 16.0. The average Bonchev–Trinajstić information content (AvgIpc) is 2.70. The zero-order valence-electron chi connectivity index (χ0n) is 16.0. The number of ether oxygens (including phenoxy) is 1. The van der Waals surface area contributed by atoms with Crippen molar-refractivity contribution in [3.8, 4) is 5.75 Å². The van der Waals surface area contributed by atoms with E-state index in [1.807, 2.05) is 56.3 Å². The van der Waals surface area contributed by atoms with Gasteiger partial charge in [-0.25, -0.2) is 0 Å². The quantitative estimate of drug-likeness (QED) is 0.748. The number of hydrogen-bond acceptors (Lipinski definition) is 4. The van der Waals surface area contributed by atoms with Crippen molar-refractivity contribution in [2.75, 3.05) is 18.6 Å². The minimum Gasteiger partial charge on any atom is -0.497 e. The third kappa shape index (κ3) is 5.82. The van der Waals surface area contributed by atoms with Gasteiger partial charge in [-0.2, -0.15) is 0 Å². The highest BCUT2D eigenvalue weighted by Gasteiger charge is 2.21. The zero-order chi connectivity index (χ0) is 19.8. The van der Waals surface area contributed by atoms with Crippen LogP contribution in [0.2, 0.25) is 0 Å². The first-order valence-electron chi connectivity index (χ1n) is 8.94. The molecule has 3 N–H and O–H groups in total. The van der Waals surface area contributed by atoms with Crippen molar-refractivity contribution in [3.05, 3.63) is 60.2 Å². The lowest BCUT2D eigenvalue weighted by atomic mass is 10.1. The summed E-state index contributed by atoms with van der Waals surface area (Å²) in [6, 6.07) is 16.3. The fourth-order valence-electron chi connectivity index (χ4n) is 2.53. The molecule has 1 atom stereocenters. The van der Waals surface area contributed by atoms with Crippen LogP contribution in [0.1, 0.15) is 19.4 Å². The number of benzene rings is 2. The summed E-state index contributed by atoms with van der Waals surface area (Å²) in [6.45, 7) is 4.02. The van der Waals surface area contributed by atoms with Crippen LogP contribution in [-0.2, 0) is 16.1 Å². The monoisotopic (exact) mass is 369 g/mol. The predicted octanol–water partition coefficient (Wildman–Crippen LogP) is 2.33. The molecule has 2 aromatic rings. The van der Waals surface area contributed by atoms with Gasteiger partial charge in [-0.1, -0.05) is 44.2 Å². The van der Waals surface area contributed by atoms with E-state index >= 15 is 0 Å². The van der Waals surface area contributed by atoms with Crippen LogP contribution >= 0.6 is 0 Å². The molecule has 0 spiro atoms. The average molecular weight is 369 g/mol. The Hall–Kier alpha value is -2.86. The number of carbonyl (C=O) groups is 2. The summed E-state index contributed by atoms with van der Waals surface area (Å²) in [6.07, 6.45) is 0. The van der Waals surface area contributed by atoms with E-state index < -0.39 is 6.04 Å². The first kappa shape index (κ1) is 20.5. The molecule has 0 aliphatic heterocycles. The molecular formula is C21H27N3O3. The summed E-state index contributed by atoms with van der Waals surface area (Å²) in [4.78, 5) is 26.5. The lowest BCUT2D eigenvalue weighted by Gasteiger charge is -2.24. The number of methoxy groups -OCH3 is 1. The second kappa shape index (κ2) is 9.73. The number of carbonyl (C=O) groups excluding carboxylic acids is 2. The van der Waals surface area contributed by atoms with Crippen molar-refractivity contribution in [1.82, 2.24) is 5.32 Å². The van der Waals surface area contributed by atoms with E-state index in [9.17, 15) is 9.59 Å². The molecule has 6 heteroatoms. The van der Waals surface area contributed by atoms with Gasteiger partial charge in [0.1, 0.15) is 5.75 Å². The number of anilines is 1. The number of hydrogen-bond donors (Lipinski definition) is 2. The molecule has 0 aliphatic rings. The Balaban J connectivity index is 2.15. The molecule has 0 heterocycles. The lowest BCUT2D eigenvalue weighted by Crippen LogP contribution is -2.47. The highest BCUT2D eigenvalue weighted by atomic mass is 16.5. The third-order valence-electron chi connectivity index (χ3n) is 4.30. The van der Waals surface area contributed by atoms with Crippen LogP contribution in [0.25, 0.3) is 0 Å². The molecule has 0 saturated heterocycles. The molecule has 2 amide bonds. The van der Waals surface area contributed by atoms with E-state index in [0.29, 0.717) is 12.3 Å². The van der Waals surface area contributed by atoms with E-state index in [1.165, 1.54) is 0 Å². The van der Waals surface area contributed by atoms with Gasteiger partial charge in [0.2, 0.25) is 11.8 Å². The summed E-state index contributed by atoms with van der Waals surface area (Å²) in [5, 5.41) is 2.64. The fourth-order valence-corrected chi connectivity index (χ4v) is 2.53. The maximum absolute atomic E-state index is 12.8. The minimum absolute atomic E-state index is 0.00196. The molecule has 2 rings (SSSR count). The van der Waals surface area contributed by atoms with Gasteiger partial charge in [-0.3, -0.25) is 9.59 Å². The third-order valence-corrected chi connectivity index (χ3v) is 4.30. The van der Waals surface area contributed by atoms with Crippen LogP contribution in [0.5, 0.6) is 5.75 Å². The number of nitrogens with zero attached hydrogens (tertiary/aromatic N) is 1. The van der Waals surface area contributed by atoms with E-state index in [2.05, 4.69) is 5.32 Å². The molecule has 0 bridgehead atoms. The highest BCUT2D eigenvalue weighted by molar-refractivity contribution is 5.97. The van der Waals surface area contributed by atoms with Crippen LogP contribution in [0, 0.1) is 5.92 Å². The van der Waals surface area contributed by atoms with Crippen LogP contribution in [0.4, 0.5) is 5.69 Å². The summed E-state index contributed by atoms with van der Waals surface area (Å²) < 4.78 is 5.18. The second-order valence-corrected chi connectivity index (χ2v) is 6.65. The van der Waals surface area contributed by atoms with Gasteiger partial charge < -0.3 is 20.7 Å². The van der Waals surface area contributed by atoms with Crippen LogP contribution in [0.15, 0.2) is 54.6 Å². The Bertz CT molecular complexity index is 745. The van der Waals surface area contributed by atoms with Gasteiger partial charge in [0.25, 0.3) is 0 Å². The Morgan fingerprint density at radius 3 is 2.26 bits per heavy atom. The van der Waals surface area contributed by atoms with Crippen LogP contribution in [0.3, 0.4) is 0 Å². The Kier molecular flexibility index (Phi) is 7.37. The summed E-state index contributed by atoms with van der Waals surface area (Å²) >= 11 is 0. The van der Waals surface area contributed by atoms with Gasteiger partial charge in [0.15, 0.2) is 0 Å². The SMILES string of the molecule is COc1ccc(N(Cc2ccccc2)C(=O)CNC(=O)[C@@H](N)C(C)C)cc1. The molecule has 6 nitrogen and oxygen atoms in total. The summed E-state index contributed by atoms with van der Waals surface area (Å²) in [5.74, 6) is 0.172. The molecule has 0 aliphatic carbocycles. The number of amides is 2. The van der Waals surface area contributed by atoms with Crippen molar-refractivity contribution in [2.24, 2.45) is 11.7 Å². The summed E-state index contributed by atoms with van der Waals surface area (Å²) in [7, 11) is 1.59. The van der Waals surface area contributed by atoms with Gasteiger partial charge in [0, 0.05) is 5.69 Å². The Morgan fingerprint density at radius 2 is 1.70 bits per heavy atom. The Morgan fingerprint density at radius 1 is 1.07 bits per heavy atom. The standard InChI is InChI=1S/C21H27N3O3/c1-15(2)20(22)21(26)23-13-19(25)24(14-16-7-5-4-6-8-16)17-9-11-18(27-3)12-10-17/h4-12,15,20H,13-14,22H2,1-3H3,(H,23,26)/t20-/m0/s1. The maximum atomic E-state index is 12.8. The van der Waals surface area contributed by atoms with Crippen LogP contribution in [-0.4, -0.2) is 31.5 Å². The molecule has 0 radical (unpaired) electrons. The van der Waals surface area contributed by atoms with E-state index in [4.69, 9.17) is 10.5 Å². The molecule has 144 valence electrons. The molecule has 27 heavy (non-hydrogen) atoms. The predicted molar refractivity (Wildman–Crippen MR) is 106 cm³/mol. The first-order valence-corrected chi connectivity index (χ1v) is 8.94. The topological polar surface area (TPSA) is 84.7 Å². The molecule has 2 aromatic carbocycles. The molecular weight excluding hydrogens is 342 g/mol.